The molecule has 3 nitrogen and oxygen atoms in total. The molecule has 0 amide bonds. The van der Waals surface area contributed by atoms with Crippen molar-refractivity contribution in [2.45, 2.75) is 31.4 Å². The van der Waals surface area contributed by atoms with E-state index in [1.807, 2.05) is 24.3 Å². The minimum absolute atomic E-state index is 0.0359. The van der Waals surface area contributed by atoms with Crippen molar-refractivity contribution in [1.82, 2.24) is 0 Å². The van der Waals surface area contributed by atoms with Gasteiger partial charge in [-0.3, -0.25) is 4.18 Å². The second-order valence-electron chi connectivity index (χ2n) is 4.12. The maximum Gasteiger partial charge on any atom is 0.271 e. The third-order valence-electron chi connectivity index (χ3n) is 2.67. The summed E-state index contributed by atoms with van der Waals surface area (Å²) in [4.78, 5) is 0. The van der Waals surface area contributed by atoms with Crippen LogP contribution in [0.5, 0.6) is 0 Å². The number of benzene rings is 1. The summed E-state index contributed by atoms with van der Waals surface area (Å²) in [5, 5.41) is 0. The first-order valence-corrected chi connectivity index (χ1v) is 7.14. The van der Waals surface area contributed by atoms with E-state index in [9.17, 15) is 8.42 Å². The molecule has 88 valence electrons. The Morgan fingerprint density at radius 1 is 1.25 bits per heavy atom. The molecule has 0 radical (unpaired) electrons. The Kier molecular flexibility index (Phi) is 3.30. The van der Waals surface area contributed by atoms with Crippen molar-refractivity contribution in [3.05, 3.63) is 35.4 Å². The molecule has 0 atom stereocenters. The summed E-state index contributed by atoms with van der Waals surface area (Å²) in [6, 6.07) is 7.80. The highest BCUT2D eigenvalue weighted by molar-refractivity contribution is 7.85. The van der Waals surface area contributed by atoms with Crippen LogP contribution in [0.2, 0.25) is 0 Å². The van der Waals surface area contributed by atoms with Crippen LogP contribution >= 0.6 is 0 Å². The predicted molar refractivity (Wildman–Crippen MR) is 62.7 cm³/mol. The molecule has 1 aromatic rings. The zero-order valence-electron chi connectivity index (χ0n) is 9.35. The predicted octanol–water partition coefficient (Wildman–Crippen LogP) is 2.43. The zero-order chi connectivity index (χ0) is 11.6. The van der Waals surface area contributed by atoms with Crippen molar-refractivity contribution in [1.29, 1.82) is 0 Å². The maximum atomic E-state index is 11.4. The molecule has 0 heterocycles. The highest BCUT2D eigenvalue weighted by Crippen LogP contribution is 2.39. The van der Waals surface area contributed by atoms with E-state index in [2.05, 4.69) is 0 Å². The summed E-state index contributed by atoms with van der Waals surface area (Å²) in [7, 11) is -3.40. The van der Waals surface area contributed by atoms with E-state index in [1.54, 1.807) is 6.92 Å². The smallest absolute Gasteiger partial charge is 0.270 e. The van der Waals surface area contributed by atoms with Crippen molar-refractivity contribution < 1.29 is 12.6 Å². The summed E-state index contributed by atoms with van der Waals surface area (Å²) in [6.07, 6.45) is 2.52. The van der Waals surface area contributed by atoms with Crippen molar-refractivity contribution in [3.63, 3.8) is 0 Å². The summed E-state index contributed by atoms with van der Waals surface area (Å²) < 4.78 is 27.5. The fourth-order valence-electron chi connectivity index (χ4n) is 1.73. The van der Waals surface area contributed by atoms with E-state index in [0.717, 1.165) is 5.56 Å². The molecule has 1 fully saturated rings. The highest BCUT2D eigenvalue weighted by Gasteiger charge is 2.23. The fraction of sp³-hybridized carbons (Fsp3) is 0.500. The van der Waals surface area contributed by atoms with Gasteiger partial charge in [0, 0.05) is 0 Å². The van der Waals surface area contributed by atoms with Crippen LogP contribution in [0.1, 0.15) is 36.8 Å². The number of hydrogen-bond donors (Lipinski definition) is 0. The molecule has 0 aliphatic heterocycles. The summed E-state index contributed by atoms with van der Waals surface area (Å²) in [5.41, 5.74) is 2.11. The lowest BCUT2D eigenvalue weighted by molar-refractivity contribution is 0.337. The van der Waals surface area contributed by atoms with Crippen LogP contribution in [-0.2, 0) is 20.1 Å². The standard InChI is InChI=1S/C12H16O3S/c1-2-15-16(13,14)9-10-3-5-11(6-4-10)12-7-8-12/h3-6,12H,2,7-9H2,1H3. The third kappa shape index (κ3) is 3.06. The Morgan fingerprint density at radius 3 is 2.38 bits per heavy atom. The van der Waals surface area contributed by atoms with Crippen molar-refractivity contribution in [2.24, 2.45) is 0 Å². The van der Waals surface area contributed by atoms with Gasteiger partial charge in [0.1, 0.15) is 5.75 Å². The topological polar surface area (TPSA) is 43.4 Å². The Labute approximate surface area is 96.6 Å². The van der Waals surface area contributed by atoms with Crippen LogP contribution in [0, 0.1) is 0 Å². The molecular weight excluding hydrogens is 224 g/mol. The van der Waals surface area contributed by atoms with Gasteiger partial charge in [0.15, 0.2) is 0 Å². The molecule has 16 heavy (non-hydrogen) atoms. The highest BCUT2D eigenvalue weighted by atomic mass is 32.2. The van der Waals surface area contributed by atoms with Crippen molar-refractivity contribution >= 4 is 10.1 Å². The van der Waals surface area contributed by atoms with E-state index in [4.69, 9.17) is 4.18 Å². The Bertz CT molecular complexity index is 444. The van der Waals surface area contributed by atoms with Crippen LogP contribution < -0.4 is 0 Å². The maximum absolute atomic E-state index is 11.4. The van der Waals surface area contributed by atoms with Gasteiger partial charge in [-0.1, -0.05) is 24.3 Å². The minimum Gasteiger partial charge on any atom is -0.270 e. The quantitative estimate of drug-likeness (QED) is 0.742. The van der Waals surface area contributed by atoms with Gasteiger partial charge in [-0.15, -0.1) is 0 Å². The fourth-order valence-corrected chi connectivity index (χ4v) is 2.77. The Hall–Kier alpha value is -0.870. The third-order valence-corrected chi connectivity index (χ3v) is 3.95. The Balaban J connectivity index is 2.04. The van der Waals surface area contributed by atoms with Crippen molar-refractivity contribution in [3.8, 4) is 0 Å². The molecule has 0 bridgehead atoms. The lowest BCUT2D eigenvalue weighted by Crippen LogP contribution is -2.08. The van der Waals surface area contributed by atoms with E-state index >= 15 is 0 Å². The van der Waals surface area contributed by atoms with Gasteiger partial charge in [0.2, 0.25) is 0 Å². The summed E-state index contributed by atoms with van der Waals surface area (Å²) in [5.74, 6) is 0.670. The van der Waals surface area contributed by atoms with Gasteiger partial charge in [-0.25, -0.2) is 0 Å². The molecule has 0 spiro atoms. The SMILES string of the molecule is CCOS(=O)(=O)Cc1ccc(C2CC2)cc1. The largest absolute Gasteiger partial charge is 0.271 e. The molecule has 1 saturated carbocycles. The zero-order valence-corrected chi connectivity index (χ0v) is 10.2. The minimum atomic E-state index is -3.40. The average Bonchev–Trinajstić information content (AvgIpc) is 3.01. The lowest BCUT2D eigenvalue weighted by Gasteiger charge is -2.04. The van der Waals surface area contributed by atoms with E-state index < -0.39 is 10.1 Å². The second-order valence-corrected chi connectivity index (χ2v) is 5.76. The normalized spacial score (nSPS) is 16.3. The second kappa shape index (κ2) is 4.55. The van der Waals surface area contributed by atoms with Gasteiger partial charge in [0.25, 0.3) is 10.1 Å². The van der Waals surface area contributed by atoms with Gasteiger partial charge < -0.3 is 0 Å². The first-order chi connectivity index (χ1) is 7.61. The lowest BCUT2D eigenvalue weighted by atomic mass is 10.1. The first-order valence-electron chi connectivity index (χ1n) is 5.56. The summed E-state index contributed by atoms with van der Waals surface area (Å²) in [6.45, 7) is 1.87. The van der Waals surface area contributed by atoms with Gasteiger partial charge in [0.05, 0.1) is 6.61 Å². The monoisotopic (exact) mass is 240 g/mol. The number of hydrogen-bond acceptors (Lipinski definition) is 3. The Morgan fingerprint density at radius 2 is 1.88 bits per heavy atom. The molecule has 0 aromatic heterocycles. The van der Waals surface area contributed by atoms with Crippen LogP contribution in [0.25, 0.3) is 0 Å². The molecule has 0 N–H and O–H groups in total. The van der Waals surface area contributed by atoms with Crippen LogP contribution in [0.3, 0.4) is 0 Å². The van der Waals surface area contributed by atoms with E-state index in [0.29, 0.717) is 5.92 Å². The first kappa shape index (κ1) is 11.6. The molecule has 1 aromatic carbocycles. The molecule has 0 unspecified atom stereocenters. The molecule has 4 heteroatoms. The van der Waals surface area contributed by atoms with Gasteiger partial charge in [-0.2, -0.15) is 8.42 Å². The van der Waals surface area contributed by atoms with Crippen LogP contribution in [0.4, 0.5) is 0 Å². The molecular formula is C12H16O3S. The summed E-state index contributed by atoms with van der Waals surface area (Å²) >= 11 is 0. The molecule has 1 aliphatic carbocycles. The average molecular weight is 240 g/mol. The number of rotatable bonds is 5. The molecule has 0 saturated heterocycles. The molecule has 1 aliphatic rings. The van der Waals surface area contributed by atoms with Crippen molar-refractivity contribution in [2.75, 3.05) is 6.61 Å². The van der Waals surface area contributed by atoms with E-state index in [1.165, 1.54) is 18.4 Å². The van der Waals surface area contributed by atoms with E-state index in [-0.39, 0.29) is 12.4 Å². The van der Waals surface area contributed by atoms with Crippen LogP contribution in [0.15, 0.2) is 24.3 Å². The molecule has 2 rings (SSSR count). The van der Waals surface area contributed by atoms with Crippen LogP contribution in [-0.4, -0.2) is 15.0 Å². The van der Waals surface area contributed by atoms with Gasteiger partial charge >= 0.3 is 0 Å². The van der Waals surface area contributed by atoms with Gasteiger partial charge in [-0.05, 0) is 36.8 Å².